The molecule has 0 aliphatic rings. The summed E-state index contributed by atoms with van der Waals surface area (Å²) in [5.74, 6) is -0.317. The predicted molar refractivity (Wildman–Crippen MR) is 69.2 cm³/mol. The van der Waals surface area contributed by atoms with Crippen LogP contribution < -0.4 is 10.9 Å². The lowest BCUT2D eigenvalue weighted by atomic mass is 10.2. The Bertz CT molecular complexity index is 607. The second-order valence-corrected chi connectivity index (χ2v) is 4.23. The Labute approximate surface area is 106 Å². The molecule has 0 atom stereocenters. The van der Waals surface area contributed by atoms with Crippen molar-refractivity contribution < 1.29 is 4.79 Å². The van der Waals surface area contributed by atoms with Gasteiger partial charge in [0.1, 0.15) is 0 Å². The van der Waals surface area contributed by atoms with E-state index in [1.807, 2.05) is 18.2 Å². The summed E-state index contributed by atoms with van der Waals surface area (Å²) in [6.45, 7) is 0. The zero-order valence-corrected chi connectivity index (χ0v) is 10.3. The van der Waals surface area contributed by atoms with Crippen LogP contribution in [0.2, 0.25) is 0 Å². The van der Waals surface area contributed by atoms with Crippen LogP contribution in [0.4, 0.5) is 5.69 Å². The van der Waals surface area contributed by atoms with E-state index in [4.69, 9.17) is 0 Å². The molecule has 86 valence electrons. The standard InChI is InChI=1S/C12H9BrN2O2/c13-9-3-1-2-4-10(9)15-12(17)8-5-6-14-11(16)7-8/h1-7H,(H,14,16)(H,15,17). The summed E-state index contributed by atoms with van der Waals surface area (Å²) in [7, 11) is 0. The van der Waals surface area contributed by atoms with Crippen molar-refractivity contribution in [1.82, 2.24) is 4.98 Å². The van der Waals surface area contributed by atoms with E-state index in [1.54, 1.807) is 12.1 Å². The Morgan fingerprint density at radius 1 is 1.24 bits per heavy atom. The summed E-state index contributed by atoms with van der Waals surface area (Å²) in [6.07, 6.45) is 1.44. The summed E-state index contributed by atoms with van der Waals surface area (Å²) < 4.78 is 0.790. The average Bonchev–Trinajstić information content (AvgIpc) is 2.32. The van der Waals surface area contributed by atoms with E-state index >= 15 is 0 Å². The summed E-state index contributed by atoms with van der Waals surface area (Å²) in [5.41, 5.74) is 0.687. The van der Waals surface area contributed by atoms with E-state index in [1.165, 1.54) is 12.3 Å². The minimum atomic E-state index is -0.317. The number of rotatable bonds is 2. The number of halogens is 1. The van der Waals surface area contributed by atoms with Gasteiger partial charge in [-0.2, -0.15) is 0 Å². The number of nitrogens with one attached hydrogen (secondary N) is 2. The molecule has 0 aliphatic heterocycles. The lowest BCUT2D eigenvalue weighted by Gasteiger charge is -2.06. The molecule has 1 heterocycles. The third-order valence-electron chi connectivity index (χ3n) is 2.16. The highest BCUT2D eigenvalue weighted by molar-refractivity contribution is 9.10. The van der Waals surface area contributed by atoms with E-state index in [0.29, 0.717) is 11.3 Å². The molecule has 1 amide bonds. The van der Waals surface area contributed by atoms with E-state index in [9.17, 15) is 9.59 Å². The first-order valence-electron chi connectivity index (χ1n) is 4.91. The smallest absolute Gasteiger partial charge is 0.255 e. The molecule has 0 bridgehead atoms. The molecule has 0 saturated carbocycles. The third kappa shape index (κ3) is 2.82. The highest BCUT2D eigenvalue weighted by Gasteiger charge is 2.07. The quantitative estimate of drug-likeness (QED) is 0.893. The number of hydrogen-bond donors (Lipinski definition) is 2. The lowest BCUT2D eigenvalue weighted by Crippen LogP contribution is -2.15. The monoisotopic (exact) mass is 292 g/mol. The van der Waals surface area contributed by atoms with Crippen LogP contribution in [-0.2, 0) is 0 Å². The molecule has 0 aliphatic carbocycles. The van der Waals surface area contributed by atoms with Crippen LogP contribution in [0.25, 0.3) is 0 Å². The number of carbonyl (C=O) groups excluding carboxylic acids is 1. The van der Waals surface area contributed by atoms with Crippen molar-refractivity contribution in [1.29, 1.82) is 0 Å². The van der Waals surface area contributed by atoms with Crippen molar-refractivity contribution in [3.05, 3.63) is 63.0 Å². The molecular formula is C12H9BrN2O2. The Morgan fingerprint density at radius 3 is 2.71 bits per heavy atom. The third-order valence-corrected chi connectivity index (χ3v) is 2.85. The van der Waals surface area contributed by atoms with Gasteiger partial charge in [-0.05, 0) is 34.1 Å². The maximum atomic E-state index is 11.8. The van der Waals surface area contributed by atoms with Gasteiger partial charge in [0.05, 0.1) is 5.69 Å². The lowest BCUT2D eigenvalue weighted by molar-refractivity contribution is 0.102. The fourth-order valence-electron chi connectivity index (χ4n) is 1.34. The molecule has 0 saturated heterocycles. The molecule has 1 aromatic heterocycles. The fourth-order valence-corrected chi connectivity index (χ4v) is 1.73. The summed E-state index contributed by atoms with van der Waals surface area (Å²) in [4.78, 5) is 25.4. The summed E-state index contributed by atoms with van der Waals surface area (Å²) in [6, 6.07) is 10.1. The number of carbonyl (C=O) groups is 1. The molecular weight excluding hydrogens is 284 g/mol. The highest BCUT2D eigenvalue weighted by atomic mass is 79.9. The fraction of sp³-hybridized carbons (Fsp3) is 0. The number of hydrogen-bond acceptors (Lipinski definition) is 2. The number of anilines is 1. The van der Waals surface area contributed by atoms with E-state index < -0.39 is 0 Å². The number of pyridine rings is 1. The Balaban J connectivity index is 2.23. The van der Waals surface area contributed by atoms with Crippen LogP contribution in [0, 0.1) is 0 Å². The van der Waals surface area contributed by atoms with Crippen molar-refractivity contribution in [3.63, 3.8) is 0 Å². The Hall–Kier alpha value is -1.88. The molecule has 2 aromatic rings. The number of amides is 1. The Kier molecular flexibility index (Phi) is 3.39. The first-order valence-corrected chi connectivity index (χ1v) is 5.71. The van der Waals surface area contributed by atoms with Gasteiger partial charge in [-0.3, -0.25) is 9.59 Å². The van der Waals surface area contributed by atoms with Crippen LogP contribution in [0.3, 0.4) is 0 Å². The molecule has 0 fully saturated rings. The minimum Gasteiger partial charge on any atom is -0.329 e. The average molecular weight is 293 g/mol. The van der Waals surface area contributed by atoms with Gasteiger partial charge >= 0.3 is 0 Å². The molecule has 17 heavy (non-hydrogen) atoms. The van der Waals surface area contributed by atoms with Gasteiger partial charge in [0.25, 0.3) is 5.91 Å². The zero-order chi connectivity index (χ0) is 12.3. The van der Waals surface area contributed by atoms with E-state index in [-0.39, 0.29) is 11.5 Å². The van der Waals surface area contributed by atoms with Crippen LogP contribution in [0.1, 0.15) is 10.4 Å². The minimum absolute atomic E-state index is 0.301. The van der Waals surface area contributed by atoms with Crippen LogP contribution in [0.15, 0.2) is 51.9 Å². The van der Waals surface area contributed by atoms with Gasteiger partial charge < -0.3 is 10.3 Å². The van der Waals surface area contributed by atoms with Crippen molar-refractivity contribution in [2.24, 2.45) is 0 Å². The number of H-pyrrole nitrogens is 1. The highest BCUT2D eigenvalue weighted by Crippen LogP contribution is 2.21. The first-order chi connectivity index (χ1) is 8.16. The van der Waals surface area contributed by atoms with Gasteiger partial charge in [0.2, 0.25) is 5.56 Å². The SMILES string of the molecule is O=C(Nc1ccccc1Br)c1cc[nH]c(=O)c1. The molecule has 2 rings (SSSR count). The maximum Gasteiger partial charge on any atom is 0.255 e. The largest absolute Gasteiger partial charge is 0.329 e. The maximum absolute atomic E-state index is 11.8. The predicted octanol–water partition coefficient (Wildman–Crippen LogP) is 2.39. The second kappa shape index (κ2) is 4.97. The van der Waals surface area contributed by atoms with Gasteiger partial charge in [0.15, 0.2) is 0 Å². The summed E-state index contributed by atoms with van der Waals surface area (Å²) >= 11 is 3.33. The van der Waals surface area contributed by atoms with Gasteiger partial charge in [-0.15, -0.1) is 0 Å². The van der Waals surface area contributed by atoms with Crippen molar-refractivity contribution in [3.8, 4) is 0 Å². The number of aromatic amines is 1. The van der Waals surface area contributed by atoms with Gasteiger partial charge in [-0.25, -0.2) is 0 Å². The van der Waals surface area contributed by atoms with Gasteiger partial charge in [0, 0.05) is 22.3 Å². The molecule has 1 aromatic carbocycles. The van der Waals surface area contributed by atoms with Crippen LogP contribution in [-0.4, -0.2) is 10.9 Å². The number of benzene rings is 1. The molecule has 2 N–H and O–H groups in total. The Morgan fingerprint density at radius 2 is 2.00 bits per heavy atom. The number of aromatic nitrogens is 1. The van der Waals surface area contributed by atoms with Crippen molar-refractivity contribution in [2.45, 2.75) is 0 Å². The molecule has 0 radical (unpaired) electrons. The van der Waals surface area contributed by atoms with E-state index in [2.05, 4.69) is 26.2 Å². The van der Waals surface area contributed by atoms with E-state index in [0.717, 1.165) is 4.47 Å². The molecule has 0 spiro atoms. The number of para-hydroxylation sites is 1. The topological polar surface area (TPSA) is 62.0 Å². The van der Waals surface area contributed by atoms with Crippen LogP contribution in [0.5, 0.6) is 0 Å². The second-order valence-electron chi connectivity index (χ2n) is 3.38. The zero-order valence-electron chi connectivity index (χ0n) is 8.74. The van der Waals surface area contributed by atoms with Crippen molar-refractivity contribution >= 4 is 27.5 Å². The van der Waals surface area contributed by atoms with Crippen LogP contribution >= 0.6 is 15.9 Å². The molecule has 5 heteroatoms. The van der Waals surface area contributed by atoms with Crippen molar-refractivity contribution in [2.75, 3.05) is 5.32 Å². The summed E-state index contributed by atoms with van der Waals surface area (Å²) in [5, 5.41) is 2.72. The normalized spacial score (nSPS) is 9.94. The first kappa shape index (κ1) is 11.6. The van der Waals surface area contributed by atoms with Gasteiger partial charge in [-0.1, -0.05) is 12.1 Å². The molecule has 4 nitrogen and oxygen atoms in total. The molecule has 0 unspecified atom stereocenters.